The fourth-order valence-corrected chi connectivity index (χ4v) is 5.12. The molecule has 0 bridgehead atoms. The molecule has 0 saturated heterocycles. The third-order valence-corrected chi connectivity index (χ3v) is 7.00. The molecule has 3 heterocycles. The van der Waals surface area contributed by atoms with Gasteiger partial charge in [0.15, 0.2) is 0 Å². The molecule has 0 saturated carbocycles. The van der Waals surface area contributed by atoms with Crippen LogP contribution in [0.4, 0.5) is 10.6 Å². The van der Waals surface area contributed by atoms with Gasteiger partial charge in [0.2, 0.25) is 5.91 Å². The molecule has 2 aromatic heterocycles. The maximum atomic E-state index is 12.6. The van der Waals surface area contributed by atoms with E-state index in [-0.39, 0.29) is 31.6 Å². The number of aryl methyl sites for hydroxylation is 1. The van der Waals surface area contributed by atoms with Crippen LogP contribution in [0.2, 0.25) is 0 Å². The molecule has 34 heavy (non-hydrogen) atoms. The molecule has 176 valence electrons. The molecule has 1 atom stereocenters. The van der Waals surface area contributed by atoms with Crippen molar-refractivity contribution < 1.29 is 19.1 Å². The van der Waals surface area contributed by atoms with Gasteiger partial charge < -0.3 is 15.0 Å². The average Bonchev–Trinajstić information content (AvgIpc) is 3.15. The molecule has 3 aromatic rings. The Kier molecular flexibility index (Phi) is 6.93. The molecule has 4 rings (SSSR count). The van der Waals surface area contributed by atoms with Gasteiger partial charge in [-0.25, -0.2) is 9.78 Å². The Morgan fingerprint density at radius 2 is 2.15 bits per heavy atom. The minimum Gasteiger partial charge on any atom is -0.465 e. The second-order valence-electron chi connectivity index (χ2n) is 8.02. The minimum atomic E-state index is -0.468. The number of amides is 3. The van der Waals surface area contributed by atoms with Crippen LogP contribution >= 0.6 is 11.3 Å². The van der Waals surface area contributed by atoms with Crippen molar-refractivity contribution in [2.24, 2.45) is 0 Å². The maximum absolute atomic E-state index is 12.6. The van der Waals surface area contributed by atoms with E-state index in [0.29, 0.717) is 11.4 Å². The quantitative estimate of drug-likeness (QED) is 0.387. The summed E-state index contributed by atoms with van der Waals surface area (Å²) in [5.41, 5.74) is 2.65. The fourth-order valence-electron chi connectivity index (χ4n) is 3.91. The lowest BCUT2D eigenvalue weighted by Gasteiger charge is -2.27. The number of urea groups is 1. The van der Waals surface area contributed by atoms with Crippen molar-refractivity contribution in [1.82, 2.24) is 15.2 Å². The summed E-state index contributed by atoms with van der Waals surface area (Å²) in [6, 6.07) is 9.53. The highest BCUT2D eigenvalue weighted by molar-refractivity contribution is 7.19. The lowest BCUT2D eigenvalue weighted by atomic mass is 10.1. The largest absolute Gasteiger partial charge is 0.465 e. The Balaban J connectivity index is 1.41. The van der Waals surface area contributed by atoms with E-state index in [4.69, 9.17) is 4.74 Å². The first-order valence-corrected chi connectivity index (χ1v) is 11.8. The third kappa shape index (κ3) is 5.09. The van der Waals surface area contributed by atoms with E-state index in [1.807, 2.05) is 25.1 Å². The van der Waals surface area contributed by atoms with Crippen molar-refractivity contribution >= 4 is 51.2 Å². The van der Waals surface area contributed by atoms with E-state index in [0.717, 1.165) is 10.4 Å². The fraction of sp³-hybridized carbons (Fsp3) is 0.280. The van der Waals surface area contributed by atoms with E-state index in [1.54, 1.807) is 30.5 Å². The number of ether oxygens (including phenoxy) is 1. The second kappa shape index (κ2) is 10.0. The molecule has 0 spiro atoms. The predicted octanol–water partition coefficient (Wildman–Crippen LogP) is 4.41. The number of carbonyl (C=O) groups excluding carboxylic acids is 3. The average molecular weight is 479 g/mol. The first-order valence-electron chi connectivity index (χ1n) is 11.0. The first kappa shape index (κ1) is 23.4. The normalized spacial score (nSPS) is 14.1. The SMILES string of the molecule is CCOC(=O)CN1Cc2cc(C=CC(=O)NC(C)c3sc4ccccc4c3C)cnc2NC1=O. The standard InChI is InChI=1S/C25H26N4O4S/c1-4-33-22(31)14-29-13-18-11-17(12-26-24(18)28-25(29)32)9-10-21(30)27-16(3)23-15(2)19-7-5-6-8-20(19)34-23/h5-12,16H,4,13-14H2,1-3H3,(H,27,30)(H,26,28,32). The number of fused-ring (bicyclic) bond motifs is 2. The van der Waals surface area contributed by atoms with Gasteiger partial charge in [-0.3, -0.25) is 14.9 Å². The summed E-state index contributed by atoms with van der Waals surface area (Å²) in [5.74, 6) is -0.232. The number of hydrogen-bond acceptors (Lipinski definition) is 6. The summed E-state index contributed by atoms with van der Waals surface area (Å²) in [6.45, 7) is 6.11. The van der Waals surface area contributed by atoms with Crippen LogP contribution in [-0.2, 0) is 20.9 Å². The summed E-state index contributed by atoms with van der Waals surface area (Å²) in [4.78, 5) is 43.3. The zero-order valence-corrected chi connectivity index (χ0v) is 20.1. The van der Waals surface area contributed by atoms with Crippen molar-refractivity contribution in [3.8, 4) is 0 Å². The van der Waals surface area contributed by atoms with Gasteiger partial charge in [-0.1, -0.05) is 18.2 Å². The number of nitrogens with zero attached hydrogens (tertiary/aromatic N) is 2. The molecular formula is C25H26N4O4S. The van der Waals surface area contributed by atoms with Crippen LogP contribution in [0.15, 0.2) is 42.6 Å². The molecule has 1 aliphatic heterocycles. The minimum absolute atomic E-state index is 0.122. The molecule has 1 aliphatic rings. The van der Waals surface area contributed by atoms with Crippen LogP contribution in [-0.4, -0.2) is 40.9 Å². The number of rotatable bonds is 7. The Morgan fingerprint density at radius 1 is 1.35 bits per heavy atom. The van der Waals surface area contributed by atoms with Gasteiger partial charge >= 0.3 is 12.0 Å². The number of aromatic nitrogens is 1. The number of benzene rings is 1. The Morgan fingerprint density at radius 3 is 2.91 bits per heavy atom. The van der Waals surface area contributed by atoms with Crippen LogP contribution in [0.5, 0.6) is 0 Å². The number of pyridine rings is 1. The zero-order valence-electron chi connectivity index (χ0n) is 19.3. The summed E-state index contributed by atoms with van der Waals surface area (Å²) in [7, 11) is 0. The van der Waals surface area contributed by atoms with E-state index in [1.165, 1.54) is 26.6 Å². The zero-order chi connectivity index (χ0) is 24.2. The van der Waals surface area contributed by atoms with Crippen LogP contribution in [0.1, 0.15) is 41.5 Å². The summed E-state index contributed by atoms with van der Waals surface area (Å²) >= 11 is 1.69. The maximum Gasteiger partial charge on any atom is 0.325 e. The Labute approximate surface area is 201 Å². The molecule has 3 amide bonds. The van der Waals surface area contributed by atoms with Crippen LogP contribution in [0, 0.1) is 6.92 Å². The molecule has 1 aromatic carbocycles. The smallest absolute Gasteiger partial charge is 0.325 e. The molecule has 0 aliphatic carbocycles. The van der Waals surface area contributed by atoms with Crippen molar-refractivity contribution in [3.05, 3.63) is 64.2 Å². The number of hydrogen-bond donors (Lipinski definition) is 2. The number of thiophene rings is 1. The lowest BCUT2D eigenvalue weighted by Crippen LogP contribution is -2.42. The highest BCUT2D eigenvalue weighted by atomic mass is 32.1. The molecule has 8 nitrogen and oxygen atoms in total. The summed E-state index contributed by atoms with van der Waals surface area (Å²) in [6.07, 6.45) is 4.74. The van der Waals surface area contributed by atoms with Gasteiger partial charge in [0.1, 0.15) is 12.4 Å². The summed E-state index contributed by atoms with van der Waals surface area (Å²) in [5, 5.41) is 6.91. The van der Waals surface area contributed by atoms with Gasteiger partial charge in [0.25, 0.3) is 0 Å². The molecule has 9 heteroatoms. The van der Waals surface area contributed by atoms with Gasteiger partial charge in [-0.2, -0.15) is 0 Å². The van der Waals surface area contributed by atoms with Gasteiger partial charge in [0, 0.05) is 27.4 Å². The number of carbonyl (C=O) groups is 3. The van der Waals surface area contributed by atoms with Crippen molar-refractivity contribution in [1.29, 1.82) is 0 Å². The second-order valence-corrected chi connectivity index (χ2v) is 9.10. The van der Waals surface area contributed by atoms with E-state index < -0.39 is 12.0 Å². The van der Waals surface area contributed by atoms with Crippen molar-refractivity contribution in [2.45, 2.75) is 33.4 Å². The number of esters is 1. The number of nitrogens with one attached hydrogen (secondary N) is 2. The van der Waals surface area contributed by atoms with Gasteiger partial charge in [0.05, 0.1) is 19.2 Å². The van der Waals surface area contributed by atoms with Gasteiger partial charge in [-0.05, 0) is 55.5 Å². The highest BCUT2D eigenvalue weighted by Gasteiger charge is 2.25. The van der Waals surface area contributed by atoms with E-state index >= 15 is 0 Å². The van der Waals surface area contributed by atoms with E-state index in [9.17, 15) is 14.4 Å². The molecule has 1 unspecified atom stereocenters. The van der Waals surface area contributed by atoms with Crippen LogP contribution < -0.4 is 10.6 Å². The summed E-state index contributed by atoms with van der Waals surface area (Å²) < 4.78 is 6.13. The van der Waals surface area contributed by atoms with Crippen LogP contribution in [0.3, 0.4) is 0 Å². The molecule has 0 radical (unpaired) electrons. The van der Waals surface area contributed by atoms with Crippen LogP contribution in [0.25, 0.3) is 16.2 Å². The lowest BCUT2D eigenvalue weighted by molar-refractivity contribution is -0.143. The predicted molar refractivity (Wildman–Crippen MR) is 132 cm³/mol. The van der Waals surface area contributed by atoms with E-state index in [2.05, 4.69) is 34.7 Å². The molecule has 0 fully saturated rings. The topological polar surface area (TPSA) is 101 Å². The highest BCUT2D eigenvalue weighted by Crippen LogP contribution is 2.34. The van der Waals surface area contributed by atoms with Gasteiger partial charge in [-0.15, -0.1) is 11.3 Å². The first-order chi connectivity index (χ1) is 16.4. The Bertz CT molecular complexity index is 1280. The Hall–Kier alpha value is -3.72. The number of anilines is 1. The monoisotopic (exact) mass is 478 g/mol. The third-order valence-electron chi connectivity index (χ3n) is 5.55. The van der Waals surface area contributed by atoms with Crippen molar-refractivity contribution in [2.75, 3.05) is 18.5 Å². The molecular weight excluding hydrogens is 452 g/mol. The molecule has 2 N–H and O–H groups in total. The van der Waals surface area contributed by atoms with Crippen molar-refractivity contribution in [3.63, 3.8) is 0 Å².